The van der Waals surface area contributed by atoms with Gasteiger partial charge in [0.25, 0.3) is 5.91 Å². The Morgan fingerprint density at radius 3 is 2.76 bits per heavy atom. The number of aliphatic carboxylic acids is 1. The molecule has 1 fully saturated rings. The van der Waals surface area contributed by atoms with Crippen LogP contribution in [-0.4, -0.2) is 49.7 Å². The molecule has 132 valence electrons. The van der Waals surface area contributed by atoms with Crippen molar-refractivity contribution in [3.05, 3.63) is 40.9 Å². The van der Waals surface area contributed by atoms with Crippen LogP contribution in [0.25, 0.3) is 5.69 Å². The van der Waals surface area contributed by atoms with Gasteiger partial charge in [0.2, 0.25) is 5.82 Å². The van der Waals surface area contributed by atoms with Crippen LogP contribution in [0, 0.1) is 5.92 Å². The number of nitrogens with zero attached hydrogens (tertiary/aromatic N) is 4. The van der Waals surface area contributed by atoms with E-state index >= 15 is 0 Å². The molecule has 2 heterocycles. The second-order valence-electron chi connectivity index (χ2n) is 6.04. The van der Waals surface area contributed by atoms with Crippen LogP contribution in [0.1, 0.15) is 36.2 Å². The number of carbonyl (C=O) groups excluding carboxylic acids is 1. The maximum absolute atomic E-state index is 12.7. The molecule has 2 aromatic rings. The predicted molar refractivity (Wildman–Crippen MR) is 92.0 cm³/mol. The van der Waals surface area contributed by atoms with Gasteiger partial charge in [-0.05, 0) is 25.0 Å². The number of carboxylic acids is 1. The molecule has 1 saturated heterocycles. The fourth-order valence-corrected chi connectivity index (χ4v) is 3.14. The predicted octanol–water partition coefficient (Wildman–Crippen LogP) is 2.42. The van der Waals surface area contributed by atoms with Gasteiger partial charge in [-0.3, -0.25) is 9.59 Å². The van der Waals surface area contributed by atoms with E-state index < -0.39 is 11.9 Å². The molecule has 0 saturated carbocycles. The molecule has 0 bridgehead atoms. The summed E-state index contributed by atoms with van der Waals surface area (Å²) in [6, 6.07) is 7.25. The monoisotopic (exact) mass is 362 g/mol. The van der Waals surface area contributed by atoms with E-state index in [1.807, 2.05) is 25.1 Å². The van der Waals surface area contributed by atoms with E-state index in [1.54, 1.807) is 10.7 Å². The lowest BCUT2D eigenvalue weighted by Gasteiger charge is -2.13. The Morgan fingerprint density at radius 1 is 1.36 bits per heavy atom. The first kappa shape index (κ1) is 17.4. The maximum Gasteiger partial charge on any atom is 0.308 e. The maximum atomic E-state index is 12.7. The average Bonchev–Trinajstić information content (AvgIpc) is 3.22. The minimum absolute atomic E-state index is 0.0782. The lowest BCUT2D eigenvalue weighted by Crippen LogP contribution is -2.30. The van der Waals surface area contributed by atoms with Gasteiger partial charge in [0.05, 0.1) is 16.6 Å². The molecule has 7 nitrogen and oxygen atoms in total. The third kappa shape index (κ3) is 3.51. The van der Waals surface area contributed by atoms with Crippen molar-refractivity contribution in [3.8, 4) is 5.69 Å². The van der Waals surface area contributed by atoms with Crippen molar-refractivity contribution in [2.75, 3.05) is 13.1 Å². The van der Waals surface area contributed by atoms with E-state index in [9.17, 15) is 9.59 Å². The Kier molecular flexibility index (Phi) is 5.03. The van der Waals surface area contributed by atoms with Gasteiger partial charge in [-0.15, -0.1) is 5.10 Å². The highest BCUT2D eigenvalue weighted by molar-refractivity contribution is 6.32. The minimum atomic E-state index is -0.878. The molecule has 1 amide bonds. The van der Waals surface area contributed by atoms with Crippen LogP contribution in [0.5, 0.6) is 0 Å². The minimum Gasteiger partial charge on any atom is -0.481 e. The SMILES string of the molecule is CCCc1nc(C(=O)N2CCC(C(=O)O)C2)nn1-c1ccccc1Cl. The number of rotatable bonds is 5. The van der Waals surface area contributed by atoms with Crippen molar-refractivity contribution in [2.45, 2.75) is 26.2 Å². The smallest absolute Gasteiger partial charge is 0.308 e. The highest BCUT2D eigenvalue weighted by Crippen LogP contribution is 2.22. The molecule has 0 spiro atoms. The summed E-state index contributed by atoms with van der Waals surface area (Å²) in [5.41, 5.74) is 0.670. The number of aryl methyl sites for hydroxylation is 1. The summed E-state index contributed by atoms with van der Waals surface area (Å²) >= 11 is 6.25. The molecule has 1 aliphatic heterocycles. The molecule has 1 atom stereocenters. The molecule has 3 rings (SSSR count). The number of carbonyl (C=O) groups is 2. The van der Waals surface area contributed by atoms with E-state index in [-0.39, 0.29) is 18.3 Å². The third-order valence-electron chi connectivity index (χ3n) is 4.24. The van der Waals surface area contributed by atoms with Crippen molar-refractivity contribution in [2.24, 2.45) is 5.92 Å². The number of benzene rings is 1. The summed E-state index contributed by atoms with van der Waals surface area (Å²) in [5, 5.41) is 14.0. The number of halogens is 1. The van der Waals surface area contributed by atoms with Crippen molar-refractivity contribution in [1.29, 1.82) is 0 Å². The quantitative estimate of drug-likeness (QED) is 0.882. The molecule has 1 aromatic heterocycles. The molecule has 1 aliphatic rings. The van der Waals surface area contributed by atoms with Gasteiger partial charge in [-0.1, -0.05) is 30.7 Å². The van der Waals surface area contributed by atoms with Gasteiger partial charge < -0.3 is 10.0 Å². The van der Waals surface area contributed by atoms with E-state index in [4.69, 9.17) is 16.7 Å². The van der Waals surface area contributed by atoms with E-state index in [1.165, 1.54) is 4.90 Å². The molecular weight excluding hydrogens is 344 g/mol. The van der Waals surface area contributed by atoms with Crippen LogP contribution < -0.4 is 0 Å². The molecule has 0 aliphatic carbocycles. The first-order chi connectivity index (χ1) is 12.0. The number of para-hydroxylation sites is 1. The zero-order valence-electron chi connectivity index (χ0n) is 13.9. The largest absolute Gasteiger partial charge is 0.481 e. The summed E-state index contributed by atoms with van der Waals surface area (Å²) in [4.78, 5) is 29.6. The van der Waals surface area contributed by atoms with Crippen LogP contribution in [0.3, 0.4) is 0 Å². The summed E-state index contributed by atoms with van der Waals surface area (Å²) in [7, 11) is 0. The molecular formula is C17H19ClN4O3. The fourth-order valence-electron chi connectivity index (χ4n) is 2.92. The molecule has 0 radical (unpaired) electrons. The molecule has 1 unspecified atom stereocenters. The summed E-state index contributed by atoms with van der Waals surface area (Å²) < 4.78 is 1.60. The molecule has 8 heteroatoms. The average molecular weight is 363 g/mol. The second-order valence-corrected chi connectivity index (χ2v) is 6.45. The highest BCUT2D eigenvalue weighted by atomic mass is 35.5. The topological polar surface area (TPSA) is 88.3 Å². The van der Waals surface area contributed by atoms with Crippen LogP contribution in [-0.2, 0) is 11.2 Å². The van der Waals surface area contributed by atoms with Gasteiger partial charge in [-0.2, -0.15) is 0 Å². The van der Waals surface area contributed by atoms with Gasteiger partial charge >= 0.3 is 5.97 Å². The van der Waals surface area contributed by atoms with Crippen LogP contribution in [0.2, 0.25) is 5.02 Å². The van der Waals surface area contributed by atoms with Crippen molar-refractivity contribution in [1.82, 2.24) is 19.7 Å². The third-order valence-corrected chi connectivity index (χ3v) is 4.56. The number of hydrogen-bond donors (Lipinski definition) is 1. The second kappa shape index (κ2) is 7.23. The number of aromatic nitrogens is 3. The van der Waals surface area contributed by atoms with E-state index in [2.05, 4.69) is 10.1 Å². The van der Waals surface area contributed by atoms with Crippen LogP contribution in [0.4, 0.5) is 0 Å². The van der Waals surface area contributed by atoms with Gasteiger partial charge in [0, 0.05) is 19.5 Å². The van der Waals surface area contributed by atoms with Crippen LogP contribution >= 0.6 is 11.6 Å². The van der Waals surface area contributed by atoms with Crippen molar-refractivity contribution >= 4 is 23.5 Å². The molecule has 1 aromatic carbocycles. The lowest BCUT2D eigenvalue weighted by atomic mass is 10.1. The number of carboxylic acid groups (broad SMARTS) is 1. The Labute approximate surface area is 150 Å². The number of hydrogen-bond acceptors (Lipinski definition) is 4. The van der Waals surface area contributed by atoms with E-state index in [0.29, 0.717) is 35.9 Å². The normalized spacial score (nSPS) is 17.0. The fraction of sp³-hybridized carbons (Fsp3) is 0.412. The Hall–Kier alpha value is -2.41. The molecule has 25 heavy (non-hydrogen) atoms. The van der Waals surface area contributed by atoms with Crippen molar-refractivity contribution in [3.63, 3.8) is 0 Å². The van der Waals surface area contributed by atoms with Crippen LogP contribution in [0.15, 0.2) is 24.3 Å². The Bertz CT molecular complexity index is 805. The zero-order valence-corrected chi connectivity index (χ0v) is 14.6. The first-order valence-corrected chi connectivity index (χ1v) is 8.62. The lowest BCUT2D eigenvalue weighted by molar-refractivity contribution is -0.141. The summed E-state index contributed by atoms with van der Waals surface area (Å²) in [6.07, 6.45) is 1.96. The Balaban J connectivity index is 1.90. The summed E-state index contributed by atoms with van der Waals surface area (Å²) in [5.74, 6) is -1.00. The standard InChI is InChI=1S/C17H19ClN4O3/c1-2-5-14-19-15(16(23)21-9-8-11(10-21)17(24)25)20-22(14)13-7-4-3-6-12(13)18/h3-4,6-7,11H,2,5,8-10H2,1H3,(H,24,25). The van der Waals surface area contributed by atoms with Gasteiger partial charge in [0.1, 0.15) is 5.82 Å². The molecule has 1 N–H and O–H groups in total. The number of amides is 1. The Morgan fingerprint density at radius 2 is 2.12 bits per heavy atom. The summed E-state index contributed by atoms with van der Waals surface area (Å²) in [6.45, 7) is 2.61. The first-order valence-electron chi connectivity index (χ1n) is 8.24. The van der Waals surface area contributed by atoms with Gasteiger partial charge in [-0.25, -0.2) is 9.67 Å². The number of likely N-dealkylation sites (tertiary alicyclic amines) is 1. The van der Waals surface area contributed by atoms with E-state index in [0.717, 1.165) is 6.42 Å². The van der Waals surface area contributed by atoms with Gasteiger partial charge in [0.15, 0.2) is 0 Å². The highest BCUT2D eigenvalue weighted by Gasteiger charge is 2.33. The van der Waals surface area contributed by atoms with Crippen molar-refractivity contribution < 1.29 is 14.7 Å². The zero-order chi connectivity index (χ0) is 18.0.